The van der Waals surface area contributed by atoms with Gasteiger partial charge in [-0.2, -0.15) is 0 Å². The lowest BCUT2D eigenvalue weighted by atomic mass is 10.1. The van der Waals surface area contributed by atoms with Crippen molar-refractivity contribution in [2.24, 2.45) is 0 Å². The normalized spacial score (nSPS) is 9.86. The number of methoxy groups -OCH3 is 1. The number of halogens is 1. The second-order valence-corrected chi connectivity index (χ2v) is 3.23. The van der Waals surface area contributed by atoms with Gasteiger partial charge in [0.25, 0.3) is 0 Å². The minimum absolute atomic E-state index is 0.0970. The monoisotopic (exact) mass is 214 g/mol. The number of rotatable bonds is 2. The van der Waals surface area contributed by atoms with Crippen molar-refractivity contribution in [3.8, 4) is 0 Å². The number of ether oxygens (including phenoxy) is 1. The Morgan fingerprint density at radius 2 is 2.00 bits per heavy atom. The van der Waals surface area contributed by atoms with E-state index in [1.807, 2.05) is 0 Å². The average molecular weight is 215 g/mol. The first-order valence-corrected chi connectivity index (χ1v) is 4.32. The Bertz CT molecular complexity index is 366. The largest absolute Gasteiger partial charge is 0.469 e. The van der Waals surface area contributed by atoms with Gasteiger partial charge >= 0.3 is 5.97 Å². The standard InChI is InChI=1S/C9H11ClN2O2/c1-14-9(13)3-5-2-7(11)8(12)4-6(5)10/h2,4H,3,11-12H2,1H3. The molecule has 1 aromatic carbocycles. The molecule has 1 aromatic rings. The molecule has 0 aliphatic carbocycles. The van der Waals surface area contributed by atoms with Gasteiger partial charge < -0.3 is 16.2 Å². The van der Waals surface area contributed by atoms with Crippen molar-refractivity contribution in [2.75, 3.05) is 18.6 Å². The Labute approximate surface area is 86.8 Å². The average Bonchev–Trinajstić information content (AvgIpc) is 2.14. The molecule has 0 spiro atoms. The maximum absolute atomic E-state index is 11.0. The topological polar surface area (TPSA) is 78.3 Å². The van der Waals surface area contributed by atoms with Crippen LogP contribution >= 0.6 is 11.6 Å². The number of nitrogens with two attached hydrogens (primary N) is 2. The summed E-state index contributed by atoms with van der Waals surface area (Å²) in [4.78, 5) is 11.0. The molecule has 0 saturated heterocycles. The van der Waals surface area contributed by atoms with Crippen LogP contribution in [0.15, 0.2) is 12.1 Å². The van der Waals surface area contributed by atoms with E-state index >= 15 is 0 Å². The SMILES string of the molecule is COC(=O)Cc1cc(N)c(N)cc1Cl. The molecule has 0 aromatic heterocycles. The third kappa shape index (κ3) is 2.29. The summed E-state index contributed by atoms with van der Waals surface area (Å²) in [6.45, 7) is 0. The van der Waals surface area contributed by atoms with E-state index in [4.69, 9.17) is 23.1 Å². The van der Waals surface area contributed by atoms with Crippen molar-refractivity contribution in [3.05, 3.63) is 22.7 Å². The molecule has 0 saturated carbocycles. The molecule has 4 N–H and O–H groups in total. The molecule has 5 heteroatoms. The van der Waals surface area contributed by atoms with E-state index in [2.05, 4.69) is 4.74 Å². The van der Waals surface area contributed by atoms with Gasteiger partial charge in [-0.15, -0.1) is 0 Å². The number of carbonyl (C=O) groups is 1. The quantitative estimate of drug-likeness (QED) is 0.573. The van der Waals surface area contributed by atoms with Gasteiger partial charge in [-0.3, -0.25) is 4.79 Å². The lowest BCUT2D eigenvalue weighted by molar-refractivity contribution is -0.139. The molecule has 1 rings (SSSR count). The molecule has 0 amide bonds. The highest BCUT2D eigenvalue weighted by atomic mass is 35.5. The lowest BCUT2D eigenvalue weighted by Crippen LogP contribution is -2.06. The van der Waals surface area contributed by atoms with Gasteiger partial charge in [-0.05, 0) is 17.7 Å². The van der Waals surface area contributed by atoms with Gasteiger partial charge in [0.1, 0.15) is 0 Å². The highest BCUT2D eigenvalue weighted by Gasteiger charge is 2.09. The number of hydrogen-bond donors (Lipinski definition) is 2. The summed E-state index contributed by atoms with van der Waals surface area (Å²) >= 11 is 5.86. The number of hydrogen-bond acceptors (Lipinski definition) is 4. The smallest absolute Gasteiger partial charge is 0.310 e. The molecule has 0 aliphatic rings. The van der Waals surface area contributed by atoms with Gasteiger partial charge in [0.2, 0.25) is 0 Å². The van der Waals surface area contributed by atoms with Crippen LogP contribution in [-0.4, -0.2) is 13.1 Å². The third-order valence-electron chi connectivity index (χ3n) is 1.81. The molecule has 0 heterocycles. The molecule has 14 heavy (non-hydrogen) atoms. The van der Waals surface area contributed by atoms with Crippen LogP contribution < -0.4 is 11.5 Å². The van der Waals surface area contributed by atoms with Crippen LogP contribution in [0.1, 0.15) is 5.56 Å². The van der Waals surface area contributed by atoms with Crippen LogP contribution in [0.3, 0.4) is 0 Å². The van der Waals surface area contributed by atoms with E-state index in [0.29, 0.717) is 22.0 Å². The summed E-state index contributed by atoms with van der Waals surface area (Å²) in [6.07, 6.45) is 0.0970. The zero-order chi connectivity index (χ0) is 10.7. The van der Waals surface area contributed by atoms with E-state index in [0.717, 1.165) is 0 Å². The predicted molar refractivity (Wildman–Crippen MR) is 56.0 cm³/mol. The van der Waals surface area contributed by atoms with Crippen LogP contribution in [0.2, 0.25) is 5.02 Å². The van der Waals surface area contributed by atoms with Gasteiger partial charge in [0.05, 0.1) is 24.9 Å². The summed E-state index contributed by atoms with van der Waals surface area (Å²) in [5.41, 5.74) is 12.5. The lowest BCUT2D eigenvalue weighted by Gasteiger charge is -2.06. The van der Waals surface area contributed by atoms with Crippen molar-refractivity contribution in [3.63, 3.8) is 0 Å². The van der Waals surface area contributed by atoms with Gasteiger partial charge in [-0.1, -0.05) is 11.6 Å². The Morgan fingerprint density at radius 3 is 2.57 bits per heavy atom. The molecular weight excluding hydrogens is 204 g/mol. The van der Waals surface area contributed by atoms with Crippen molar-refractivity contribution < 1.29 is 9.53 Å². The van der Waals surface area contributed by atoms with Crippen LogP contribution in [0.4, 0.5) is 11.4 Å². The number of nitrogen functional groups attached to an aromatic ring is 2. The first-order valence-electron chi connectivity index (χ1n) is 3.94. The molecule has 0 fully saturated rings. The molecule has 0 unspecified atom stereocenters. The molecular formula is C9H11ClN2O2. The number of carbonyl (C=O) groups excluding carboxylic acids is 1. The second kappa shape index (κ2) is 4.19. The molecule has 4 nitrogen and oxygen atoms in total. The molecule has 0 atom stereocenters. The third-order valence-corrected chi connectivity index (χ3v) is 2.17. The Morgan fingerprint density at radius 1 is 1.43 bits per heavy atom. The Hall–Kier alpha value is -1.42. The fraction of sp³-hybridized carbons (Fsp3) is 0.222. The number of benzene rings is 1. The predicted octanol–water partition coefficient (Wildman–Crippen LogP) is 1.22. The Balaban J connectivity index is 2.98. The van der Waals surface area contributed by atoms with Crippen molar-refractivity contribution in [1.82, 2.24) is 0 Å². The fourth-order valence-corrected chi connectivity index (χ4v) is 1.25. The first kappa shape index (κ1) is 10.7. The maximum Gasteiger partial charge on any atom is 0.310 e. The minimum atomic E-state index is -0.365. The molecule has 0 radical (unpaired) electrons. The summed E-state index contributed by atoms with van der Waals surface area (Å²) < 4.78 is 4.51. The number of esters is 1. The summed E-state index contributed by atoms with van der Waals surface area (Å²) in [5, 5.41) is 0.419. The minimum Gasteiger partial charge on any atom is -0.469 e. The van der Waals surface area contributed by atoms with E-state index < -0.39 is 0 Å². The van der Waals surface area contributed by atoms with Crippen molar-refractivity contribution in [1.29, 1.82) is 0 Å². The number of anilines is 2. The Kier molecular flexibility index (Phi) is 3.19. The molecule has 0 aliphatic heterocycles. The highest BCUT2D eigenvalue weighted by molar-refractivity contribution is 6.32. The first-order chi connectivity index (χ1) is 6.54. The fourth-order valence-electron chi connectivity index (χ4n) is 1.02. The summed E-state index contributed by atoms with van der Waals surface area (Å²) in [6, 6.07) is 3.10. The van der Waals surface area contributed by atoms with Crippen molar-refractivity contribution >= 4 is 28.9 Å². The van der Waals surface area contributed by atoms with Gasteiger partial charge in [0, 0.05) is 5.02 Å². The van der Waals surface area contributed by atoms with Gasteiger partial charge in [-0.25, -0.2) is 0 Å². The van der Waals surface area contributed by atoms with Crippen molar-refractivity contribution in [2.45, 2.75) is 6.42 Å². The van der Waals surface area contributed by atoms with Crippen LogP contribution in [0.5, 0.6) is 0 Å². The van der Waals surface area contributed by atoms with Crippen LogP contribution in [0.25, 0.3) is 0 Å². The van der Waals surface area contributed by atoms with E-state index in [9.17, 15) is 4.79 Å². The van der Waals surface area contributed by atoms with Crippen LogP contribution in [-0.2, 0) is 16.0 Å². The zero-order valence-electron chi connectivity index (χ0n) is 7.71. The molecule has 76 valence electrons. The second-order valence-electron chi connectivity index (χ2n) is 2.83. The zero-order valence-corrected chi connectivity index (χ0v) is 8.47. The van der Waals surface area contributed by atoms with Gasteiger partial charge in [0.15, 0.2) is 0 Å². The van der Waals surface area contributed by atoms with E-state index in [-0.39, 0.29) is 12.4 Å². The summed E-state index contributed by atoms with van der Waals surface area (Å²) in [7, 11) is 1.32. The van der Waals surface area contributed by atoms with E-state index in [1.54, 1.807) is 6.07 Å². The highest BCUT2D eigenvalue weighted by Crippen LogP contribution is 2.25. The van der Waals surface area contributed by atoms with Crippen LogP contribution in [0, 0.1) is 0 Å². The molecule has 0 bridgehead atoms. The maximum atomic E-state index is 11.0. The summed E-state index contributed by atoms with van der Waals surface area (Å²) in [5.74, 6) is -0.365. The van der Waals surface area contributed by atoms with E-state index in [1.165, 1.54) is 13.2 Å².